The molecule has 0 saturated heterocycles. The number of allylic oxidation sites excluding steroid dienone is 1. The Morgan fingerprint density at radius 3 is 2.52 bits per heavy atom. The molecule has 0 radical (unpaired) electrons. The van der Waals surface area contributed by atoms with Gasteiger partial charge in [-0.1, -0.05) is 13.0 Å². The van der Waals surface area contributed by atoms with E-state index in [0.717, 1.165) is 47.2 Å². The monoisotopic (exact) mass is 451 g/mol. The number of halogens is 2. The van der Waals surface area contributed by atoms with Gasteiger partial charge in [0.25, 0.3) is 0 Å². The number of rotatable bonds is 6. The van der Waals surface area contributed by atoms with Gasteiger partial charge >= 0.3 is 0 Å². The molecule has 0 bridgehead atoms. The molecule has 33 heavy (non-hydrogen) atoms. The highest BCUT2D eigenvalue weighted by atomic mass is 19.1. The molecule has 0 amide bonds. The molecule has 4 rings (SSSR count). The summed E-state index contributed by atoms with van der Waals surface area (Å²) < 4.78 is 29.5. The second-order valence-corrected chi connectivity index (χ2v) is 9.11. The maximum atomic E-state index is 13.8. The molecule has 0 fully saturated rings. The van der Waals surface area contributed by atoms with Gasteiger partial charge in [-0.3, -0.25) is 0 Å². The van der Waals surface area contributed by atoms with Gasteiger partial charge in [-0.25, -0.2) is 13.8 Å². The number of aromatic nitrogens is 2. The number of hydrogen-bond donors (Lipinski definition) is 2. The summed E-state index contributed by atoms with van der Waals surface area (Å²) in [6.45, 7) is 9.99. The number of nitrogens with two attached hydrogens (primary N) is 1. The number of anilines is 2. The molecule has 7 heteroatoms. The lowest BCUT2D eigenvalue weighted by Crippen LogP contribution is -2.45. The van der Waals surface area contributed by atoms with Crippen molar-refractivity contribution in [1.82, 2.24) is 14.5 Å². The molecular weight excluding hydrogens is 420 g/mol. The molecule has 1 aliphatic heterocycles. The Morgan fingerprint density at radius 2 is 1.88 bits per heavy atom. The summed E-state index contributed by atoms with van der Waals surface area (Å²) in [6.07, 6.45) is 3.08. The molecule has 0 unspecified atom stereocenters. The van der Waals surface area contributed by atoms with E-state index < -0.39 is 5.54 Å². The van der Waals surface area contributed by atoms with Crippen LogP contribution in [0.5, 0.6) is 0 Å². The minimum atomic E-state index is -0.461. The maximum absolute atomic E-state index is 13.8. The lowest BCUT2D eigenvalue weighted by atomic mass is 9.99. The molecule has 1 aromatic heterocycles. The van der Waals surface area contributed by atoms with Gasteiger partial charge in [0.05, 0.1) is 6.54 Å². The standard InChI is InChI=1S/C26H31F2N5/c1-5-6-22(26(3,4)29)32-13-14-33-23(16-32)31-24(18-7-9-19(27)10-8-18)25(33)30-20-11-12-21(28)17(2)15-20/h6-12,15,30H,5,13-14,16,29H2,1-4H3/b22-6+. The van der Waals surface area contributed by atoms with Crippen LogP contribution in [0.25, 0.3) is 11.3 Å². The van der Waals surface area contributed by atoms with Gasteiger partial charge in [0.15, 0.2) is 0 Å². The van der Waals surface area contributed by atoms with Crippen molar-refractivity contribution in [3.63, 3.8) is 0 Å². The molecule has 0 aliphatic carbocycles. The number of nitrogens with zero attached hydrogens (tertiary/aromatic N) is 3. The first-order valence-electron chi connectivity index (χ1n) is 11.3. The minimum Gasteiger partial charge on any atom is -0.364 e. The van der Waals surface area contributed by atoms with Crippen LogP contribution in [0.2, 0.25) is 0 Å². The summed E-state index contributed by atoms with van der Waals surface area (Å²) in [6, 6.07) is 11.3. The van der Waals surface area contributed by atoms with E-state index in [9.17, 15) is 8.78 Å². The predicted molar refractivity (Wildman–Crippen MR) is 129 cm³/mol. The molecule has 0 atom stereocenters. The van der Waals surface area contributed by atoms with Crippen LogP contribution in [-0.2, 0) is 13.1 Å². The van der Waals surface area contributed by atoms with Crippen molar-refractivity contribution in [3.8, 4) is 11.3 Å². The lowest BCUT2D eigenvalue weighted by Gasteiger charge is -2.38. The molecule has 3 N–H and O–H groups in total. The fourth-order valence-electron chi connectivity index (χ4n) is 4.32. The zero-order chi connectivity index (χ0) is 23.8. The van der Waals surface area contributed by atoms with Gasteiger partial charge in [0.2, 0.25) is 0 Å². The highest BCUT2D eigenvalue weighted by Crippen LogP contribution is 2.35. The van der Waals surface area contributed by atoms with Gasteiger partial charge < -0.3 is 20.5 Å². The number of hydrogen-bond acceptors (Lipinski definition) is 4. The fraction of sp³-hybridized carbons (Fsp3) is 0.346. The second-order valence-electron chi connectivity index (χ2n) is 9.11. The molecule has 5 nitrogen and oxygen atoms in total. The third-order valence-electron chi connectivity index (χ3n) is 5.91. The van der Waals surface area contributed by atoms with E-state index in [1.807, 2.05) is 13.8 Å². The molecule has 0 saturated carbocycles. The Labute approximate surface area is 193 Å². The Kier molecular flexibility index (Phi) is 6.26. The molecule has 2 heterocycles. The highest BCUT2D eigenvalue weighted by Gasteiger charge is 2.29. The molecular formula is C26H31F2N5. The van der Waals surface area contributed by atoms with E-state index in [2.05, 4.69) is 27.8 Å². The second kappa shape index (κ2) is 8.98. The molecule has 0 spiro atoms. The number of imidazole rings is 1. The normalized spacial score (nSPS) is 14.4. The average Bonchev–Trinajstić information content (AvgIpc) is 3.12. The number of fused-ring (bicyclic) bond motifs is 1. The Bertz CT molecular complexity index is 1170. The summed E-state index contributed by atoms with van der Waals surface area (Å²) >= 11 is 0. The highest BCUT2D eigenvalue weighted by molar-refractivity contribution is 5.76. The van der Waals surface area contributed by atoms with Crippen LogP contribution < -0.4 is 11.1 Å². The van der Waals surface area contributed by atoms with Gasteiger partial charge in [-0.05, 0) is 75.2 Å². The van der Waals surface area contributed by atoms with Crippen LogP contribution in [0.4, 0.5) is 20.3 Å². The van der Waals surface area contributed by atoms with Gasteiger partial charge in [-0.2, -0.15) is 0 Å². The van der Waals surface area contributed by atoms with Crippen LogP contribution >= 0.6 is 0 Å². The maximum Gasteiger partial charge on any atom is 0.138 e. The van der Waals surface area contributed by atoms with Crippen LogP contribution in [0.1, 0.15) is 38.6 Å². The van der Waals surface area contributed by atoms with E-state index >= 15 is 0 Å². The number of nitrogens with one attached hydrogen (secondary N) is 1. The summed E-state index contributed by atoms with van der Waals surface area (Å²) in [5, 5.41) is 3.44. The Balaban J connectivity index is 1.76. The Morgan fingerprint density at radius 1 is 1.15 bits per heavy atom. The minimum absolute atomic E-state index is 0.245. The first kappa shape index (κ1) is 23.0. The third kappa shape index (κ3) is 4.78. The quantitative estimate of drug-likeness (QED) is 0.503. The topological polar surface area (TPSA) is 59.1 Å². The summed E-state index contributed by atoms with van der Waals surface area (Å²) in [7, 11) is 0. The van der Waals surface area contributed by atoms with Crippen molar-refractivity contribution in [2.24, 2.45) is 5.73 Å². The first-order chi connectivity index (χ1) is 15.7. The summed E-state index contributed by atoms with van der Waals surface area (Å²) in [4.78, 5) is 7.24. The van der Waals surface area contributed by atoms with E-state index in [1.54, 1.807) is 31.2 Å². The van der Waals surface area contributed by atoms with E-state index in [0.29, 0.717) is 18.7 Å². The molecule has 2 aromatic carbocycles. The van der Waals surface area contributed by atoms with Crippen LogP contribution in [0.3, 0.4) is 0 Å². The first-order valence-corrected chi connectivity index (χ1v) is 11.3. The predicted octanol–water partition coefficient (Wildman–Crippen LogP) is 5.73. The van der Waals surface area contributed by atoms with Crippen molar-refractivity contribution < 1.29 is 8.78 Å². The van der Waals surface area contributed by atoms with Crippen LogP contribution in [0, 0.1) is 18.6 Å². The van der Waals surface area contributed by atoms with E-state index in [-0.39, 0.29) is 11.6 Å². The van der Waals surface area contributed by atoms with Crippen LogP contribution in [0.15, 0.2) is 54.2 Å². The van der Waals surface area contributed by atoms with Gasteiger partial charge in [0.1, 0.15) is 29.0 Å². The number of aryl methyl sites for hydroxylation is 1. The van der Waals surface area contributed by atoms with Crippen LogP contribution in [-0.4, -0.2) is 26.5 Å². The smallest absolute Gasteiger partial charge is 0.138 e. The molecule has 174 valence electrons. The zero-order valence-corrected chi connectivity index (χ0v) is 19.6. The van der Waals surface area contributed by atoms with Crippen molar-refractivity contribution in [2.45, 2.75) is 52.7 Å². The lowest BCUT2D eigenvalue weighted by molar-refractivity contribution is 0.240. The Hall–Kier alpha value is -3.19. The van der Waals surface area contributed by atoms with E-state index in [1.165, 1.54) is 18.2 Å². The number of benzene rings is 2. The van der Waals surface area contributed by atoms with Crippen molar-refractivity contribution in [2.75, 3.05) is 11.9 Å². The summed E-state index contributed by atoms with van der Waals surface area (Å²) in [5.41, 5.74) is 10.0. The largest absolute Gasteiger partial charge is 0.364 e. The van der Waals surface area contributed by atoms with Crippen molar-refractivity contribution in [3.05, 3.63) is 77.3 Å². The fourth-order valence-corrected chi connectivity index (χ4v) is 4.32. The average molecular weight is 452 g/mol. The van der Waals surface area contributed by atoms with E-state index in [4.69, 9.17) is 10.7 Å². The zero-order valence-electron chi connectivity index (χ0n) is 19.6. The molecule has 3 aromatic rings. The van der Waals surface area contributed by atoms with Gasteiger partial charge in [-0.15, -0.1) is 0 Å². The van der Waals surface area contributed by atoms with Crippen molar-refractivity contribution in [1.29, 1.82) is 0 Å². The third-order valence-corrected chi connectivity index (χ3v) is 5.91. The summed E-state index contributed by atoms with van der Waals surface area (Å²) in [5.74, 6) is 1.17. The van der Waals surface area contributed by atoms with Gasteiger partial charge in [0, 0.05) is 35.6 Å². The van der Waals surface area contributed by atoms with Crippen molar-refractivity contribution >= 4 is 11.5 Å². The SMILES string of the molecule is CC/C=C(/N1CCn2c(nc(-c3ccc(F)cc3)c2Nc2ccc(F)c(C)c2)C1)C(C)(C)N. The molecule has 1 aliphatic rings.